The van der Waals surface area contributed by atoms with E-state index in [-0.39, 0.29) is 18.9 Å². The van der Waals surface area contributed by atoms with Crippen LogP contribution in [0.25, 0.3) is 0 Å². The van der Waals surface area contributed by atoms with Crippen LogP contribution in [0.1, 0.15) is 91.9 Å². The fourth-order valence-electron chi connectivity index (χ4n) is 4.36. The van der Waals surface area contributed by atoms with Gasteiger partial charge in [0, 0.05) is 13.2 Å². The molecule has 0 aromatic carbocycles. The van der Waals surface area contributed by atoms with Crippen molar-refractivity contribution in [3.63, 3.8) is 0 Å². The highest BCUT2D eigenvalue weighted by molar-refractivity contribution is 7.89. The molecule has 2 N–H and O–H groups in total. The maximum absolute atomic E-state index is 11.8. The van der Waals surface area contributed by atoms with E-state index in [9.17, 15) is 13.5 Å². The number of hydrogen-bond donors (Lipinski definition) is 2. The van der Waals surface area contributed by atoms with Crippen LogP contribution in [-0.4, -0.2) is 68.9 Å². The van der Waals surface area contributed by atoms with Crippen molar-refractivity contribution in [1.82, 2.24) is 4.72 Å². The average Bonchev–Trinajstić information content (AvgIpc) is 3.14. The minimum atomic E-state index is -3.39. The number of ether oxygens (including phenoxy) is 4. The number of rotatable bonds is 17. The number of aliphatic hydroxyl groups is 1. The van der Waals surface area contributed by atoms with Gasteiger partial charge in [-0.2, -0.15) is 0 Å². The lowest BCUT2D eigenvalue weighted by atomic mass is 10.1. The number of hydrogen-bond acceptors (Lipinski definition) is 7. The Labute approximate surface area is 194 Å². The second-order valence-corrected chi connectivity index (χ2v) is 11.6. The Hall–Kier alpha value is -0.290. The highest BCUT2D eigenvalue weighted by Gasteiger charge is 2.64. The molecule has 0 radical (unpaired) electrons. The van der Waals surface area contributed by atoms with E-state index < -0.39 is 39.9 Å². The smallest absolute Gasteiger partial charge is 0.224 e. The van der Waals surface area contributed by atoms with E-state index in [1.54, 1.807) is 20.8 Å². The summed E-state index contributed by atoms with van der Waals surface area (Å²) in [6.07, 6.45) is 10.1. The Kier molecular flexibility index (Phi) is 11.3. The van der Waals surface area contributed by atoms with Crippen molar-refractivity contribution >= 4 is 10.0 Å². The minimum absolute atomic E-state index is 0.0353. The summed E-state index contributed by atoms with van der Waals surface area (Å²) in [6, 6.07) is 0. The molecule has 0 aromatic heterocycles. The van der Waals surface area contributed by atoms with E-state index in [2.05, 4.69) is 11.6 Å². The van der Waals surface area contributed by atoms with E-state index in [0.717, 1.165) is 12.8 Å². The second-order valence-electron chi connectivity index (χ2n) is 9.49. The molecule has 2 saturated heterocycles. The molecular formula is C23H45NO7S. The van der Waals surface area contributed by atoms with Crippen LogP contribution in [0.5, 0.6) is 0 Å². The first-order chi connectivity index (χ1) is 15.1. The van der Waals surface area contributed by atoms with Crippen molar-refractivity contribution < 1.29 is 32.5 Å². The van der Waals surface area contributed by atoms with Gasteiger partial charge < -0.3 is 24.1 Å². The van der Waals surface area contributed by atoms with Gasteiger partial charge in [-0.05, 0) is 27.2 Å². The van der Waals surface area contributed by atoms with Crippen LogP contribution in [0.15, 0.2) is 0 Å². The Morgan fingerprint density at radius 3 is 2.12 bits per heavy atom. The summed E-state index contributed by atoms with van der Waals surface area (Å²) in [7, 11) is -3.39. The van der Waals surface area contributed by atoms with Crippen molar-refractivity contribution in [3.05, 3.63) is 0 Å². The quantitative estimate of drug-likeness (QED) is 0.308. The molecule has 2 rings (SSSR count). The first-order valence-electron chi connectivity index (χ1n) is 12.4. The van der Waals surface area contributed by atoms with Gasteiger partial charge in [0.05, 0.1) is 5.75 Å². The summed E-state index contributed by atoms with van der Waals surface area (Å²) in [4.78, 5) is 0. The zero-order valence-corrected chi connectivity index (χ0v) is 21.3. The van der Waals surface area contributed by atoms with Crippen molar-refractivity contribution in [3.8, 4) is 0 Å². The lowest BCUT2D eigenvalue weighted by molar-refractivity contribution is -0.277. The van der Waals surface area contributed by atoms with Crippen LogP contribution in [0.3, 0.4) is 0 Å². The lowest BCUT2D eigenvalue weighted by Crippen LogP contribution is -2.45. The van der Waals surface area contributed by atoms with Gasteiger partial charge in [-0.1, -0.05) is 64.7 Å². The first-order valence-corrected chi connectivity index (χ1v) is 14.1. The standard InChI is InChI=1S/C23H45NO7S/c1-5-7-8-9-10-11-12-13-14-15-16-28-18-23-21(30-22(3,4)31-23)20(25)19(29-23)17-24-32(26,27)6-2/h19-21,24-25H,5-18H2,1-4H3/t19-,20+,21-,23-/m0/s1. The third kappa shape index (κ3) is 8.49. The predicted octanol–water partition coefficient (Wildman–Crippen LogP) is 3.47. The summed E-state index contributed by atoms with van der Waals surface area (Å²) < 4.78 is 49.7. The Bertz CT molecular complexity index is 642. The Morgan fingerprint density at radius 1 is 0.938 bits per heavy atom. The summed E-state index contributed by atoms with van der Waals surface area (Å²) in [6.45, 7) is 8.00. The molecule has 0 spiro atoms. The molecule has 4 atom stereocenters. The van der Waals surface area contributed by atoms with Gasteiger partial charge in [-0.15, -0.1) is 0 Å². The molecule has 0 aromatic rings. The molecule has 2 aliphatic rings. The van der Waals surface area contributed by atoms with Crippen molar-refractivity contribution in [2.75, 3.05) is 25.5 Å². The van der Waals surface area contributed by atoms with Crippen LogP contribution >= 0.6 is 0 Å². The Morgan fingerprint density at radius 2 is 1.53 bits per heavy atom. The third-order valence-electron chi connectivity index (χ3n) is 6.13. The minimum Gasteiger partial charge on any atom is -0.387 e. The molecule has 190 valence electrons. The molecule has 0 bridgehead atoms. The molecule has 0 unspecified atom stereocenters. The number of sulfonamides is 1. The molecule has 0 saturated carbocycles. The number of fused-ring (bicyclic) bond motifs is 1. The topological polar surface area (TPSA) is 103 Å². The average molecular weight is 480 g/mol. The molecule has 0 amide bonds. The molecule has 2 heterocycles. The van der Waals surface area contributed by atoms with Crippen LogP contribution < -0.4 is 4.72 Å². The van der Waals surface area contributed by atoms with E-state index in [1.807, 2.05) is 0 Å². The molecule has 8 nitrogen and oxygen atoms in total. The van der Waals surface area contributed by atoms with E-state index in [0.29, 0.717) is 6.61 Å². The Balaban J connectivity index is 1.70. The van der Waals surface area contributed by atoms with E-state index in [4.69, 9.17) is 18.9 Å². The summed E-state index contributed by atoms with van der Waals surface area (Å²) in [5.74, 6) is -2.18. The van der Waals surface area contributed by atoms with Crippen LogP contribution in [0.2, 0.25) is 0 Å². The number of nitrogens with one attached hydrogen (secondary N) is 1. The van der Waals surface area contributed by atoms with Crippen molar-refractivity contribution in [2.45, 2.75) is 122 Å². The SMILES string of the molecule is CCCCCCCCCCCCOC[C@@]12O[C@@H](CNS(=O)(=O)CC)[C@@H](O)[C@@H]1OC(C)(C)O2. The fourth-order valence-corrected chi connectivity index (χ4v) is 4.98. The first kappa shape index (κ1) is 28.0. The molecule has 9 heteroatoms. The van der Waals surface area contributed by atoms with Gasteiger partial charge >= 0.3 is 0 Å². The summed E-state index contributed by atoms with van der Waals surface area (Å²) in [5.41, 5.74) is 0. The van der Waals surface area contributed by atoms with Gasteiger partial charge in [-0.25, -0.2) is 13.1 Å². The highest BCUT2D eigenvalue weighted by Crippen LogP contribution is 2.45. The molecular weight excluding hydrogens is 434 g/mol. The van der Waals surface area contributed by atoms with Gasteiger partial charge in [0.2, 0.25) is 15.8 Å². The fraction of sp³-hybridized carbons (Fsp3) is 1.00. The van der Waals surface area contributed by atoms with Crippen LogP contribution in [-0.2, 0) is 29.0 Å². The monoisotopic (exact) mass is 479 g/mol. The third-order valence-corrected chi connectivity index (χ3v) is 7.50. The van der Waals surface area contributed by atoms with Crippen LogP contribution in [0, 0.1) is 0 Å². The van der Waals surface area contributed by atoms with E-state index in [1.165, 1.54) is 51.4 Å². The molecule has 0 aliphatic carbocycles. The lowest BCUT2D eigenvalue weighted by Gasteiger charge is -2.28. The number of aliphatic hydroxyl groups excluding tert-OH is 1. The maximum atomic E-state index is 11.8. The van der Waals surface area contributed by atoms with Gasteiger partial charge in [-0.3, -0.25) is 0 Å². The normalized spacial score (nSPS) is 29.5. The zero-order valence-electron chi connectivity index (χ0n) is 20.4. The summed E-state index contributed by atoms with van der Waals surface area (Å²) >= 11 is 0. The zero-order chi connectivity index (χ0) is 23.7. The molecule has 32 heavy (non-hydrogen) atoms. The largest absolute Gasteiger partial charge is 0.387 e. The number of unbranched alkanes of at least 4 members (excludes halogenated alkanes) is 9. The summed E-state index contributed by atoms with van der Waals surface area (Å²) in [5, 5.41) is 10.7. The molecule has 2 aliphatic heterocycles. The van der Waals surface area contributed by atoms with Gasteiger partial charge in [0.15, 0.2) is 5.79 Å². The van der Waals surface area contributed by atoms with Gasteiger partial charge in [0.1, 0.15) is 24.9 Å². The predicted molar refractivity (Wildman–Crippen MR) is 124 cm³/mol. The highest BCUT2D eigenvalue weighted by atomic mass is 32.2. The second kappa shape index (κ2) is 13.0. The van der Waals surface area contributed by atoms with Crippen molar-refractivity contribution in [2.24, 2.45) is 0 Å². The van der Waals surface area contributed by atoms with Gasteiger partial charge in [0.25, 0.3) is 0 Å². The molecule has 2 fully saturated rings. The van der Waals surface area contributed by atoms with Crippen molar-refractivity contribution in [1.29, 1.82) is 0 Å². The maximum Gasteiger partial charge on any atom is 0.224 e. The van der Waals surface area contributed by atoms with Crippen LogP contribution in [0.4, 0.5) is 0 Å². The van der Waals surface area contributed by atoms with E-state index >= 15 is 0 Å².